The summed E-state index contributed by atoms with van der Waals surface area (Å²) < 4.78 is 26.4. The Bertz CT molecular complexity index is 735. The zero-order valence-electron chi connectivity index (χ0n) is 11.3. The number of anilines is 1. The first-order valence-corrected chi connectivity index (χ1v) is 7.74. The van der Waals surface area contributed by atoms with Crippen LogP contribution in [0.4, 0.5) is 5.82 Å². The van der Waals surface area contributed by atoms with Crippen molar-refractivity contribution in [3.8, 4) is 0 Å². The Balaban J connectivity index is 2.15. The summed E-state index contributed by atoms with van der Waals surface area (Å²) in [6.07, 6.45) is 1.50. The highest BCUT2D eigenvalue weighted by Gasteiger charge is 2.16. The fraction of sp³-hybridized carbons (Fsp3) is 0.250. The maximum absolute atomic E-state index is 12.1. The normalized spacial score (nSPS) is 11.3. The van der Waals surface area contributed by atoms with Crippen LogP contribution in [0.1, 0.15) is 12.5 Å². The number of H-pyrrole nitrogens is 1. The second-order valence-electron chi connectivity index (χ2n) is 4.20. The largest absolute Gasteiger partial charge is 0.313 e. The number of rotatable bonds is 6. The van der Waals surface area contributed by atoms with Crippen molar-refractivity contribution in [3.63, 3.8) is 0 Å². The molecule has 2 heterocycles. The van der Waals surface area contributed by atoms with E-state index < -0.39 is 15.6 Å². The number of aromatic amines is 1. The van der Waals surface area contributed by atoms with Crippen LogP contribution in [0.5, 0.6) is 0 Å². The quantitative estimate of drug-likeness (QED) is 0.695. The molecule has 2 aromatic rings. The molecule has 0 amide bonds. The number of pyridine rings is 1. The van der Waals surface area contributed by atoms with Gasteiger partial charge in [-0.3, -0.25) is 9.52 Å². The summed E-state index contributed by atoms with van der Waals surface area (Å²) in [6.45, 7) is 3.42. The van der Waals surface area contributed by atoms with E-state index in [0.29, 0.717) is 6.54 Å². The molecule has 3 N–H and O–H groups in total. The first-order valence-electron chi connectivity index (χ1n) is 6.25. The van der Waals surface area contributed by atoms with Gasteiger partial charge in [-0.2, -0.15) is 13.5 Å². The molecule has 8 nitrogen and oxygen atoms in total. The molecule has 0 aliphatic rings. The summed E-state index contributed by atoms with van der Waals surface area (Å²) in [5, 5.41) is 8.73. The van der Waals surface area contributed by atoms with Crippen LogP contribution in [-0.2, 0) is 16.6 Å². The van der Waals surface area contributed by atoms with Gasteiger partial charge < -0.3 is 5.32 Å². The Morgan fingerprint density at radius 1 is 1.24 bits per heavy atom. The van der Waals surface area contributed by atoms with E-state index in [-0.39, 0.29) is 10.8 Å². The van der Waals surface area contributed by atoms with Gasteiger partial charge in [0.15, 0.2) is 10.8 Å². The van der Waals surface area contributed by atoms with Crippen LogP contribution >= 0.6 is 0 Å². The first-order chi connectivity index (χ1) is 10.0. The van der Waals surface area contributed by atoms with Gasteiger partial charge in [0.05, 0.1) is 0 Å². The van der Waals surface area contributed by atoms with E-state index in [0.717, 1.165) is 12.1 Å². The lowest BCUT2D eigenvalue weighted by molar-refractivity contribution is 0.597. The number of aromatic nitrogens is 3. The lowest BCUT2D eigenvalue weighted by Crippen LogP contribution is -2.18. The Morgan fingerprint density at radius 3 is 2.62 bits per heavy atom. The summed E-state index contributed by atoms with van der Waals surface area (Å²) in [6, 6.07) is 5.55. The van der Waals surface area contributed by atoms with Gasteiger partial charge in [0.2, 0.25) is 0 Å². The number of sulfonamides is 1. The minimum absolute atomic E-state index is 0.0214. The van der Waals surface area contributed by atoms with E-state index in [4.69, 9.17) is 0 Å². The van der Waals surface area contributed by atoms with E-state index in [1.165, 1.54) is 24.4 Å². The molecule has 0 aliphatic carbocycles. The van der Waals surface area contributed by atoms with E-state index in [2.05, 4.69) is 25.2 Å². The molecule has 21 heavy (non-hydrogen) atoms. The van der Waals surface area contributed by atoms with Gasteiger partial charge in [-0.1, -0.05) is 13.0 Å². The van der Waals surface area contributed by atoms with E-state index >= 15 is 0 Å². The predicted molar refractivity (Wildman–Crippen MR) is 77.3 cm³/mol. The molecule has 0 atom stereocenters. The second-order valence-corrected chi connectivity index (χ2v) is 5.83. The van der Waals surface area contributed by atoms with Gasteiger partial charge >= 0.3 is 0 Å². The smallest absolute Gasteiger partial charge is 0.280 e. The molecular formula is C12H15N5O3S. The third-order valence-corrected chi connectivity index (χ3v) is 3.84. The highest BCUT2D eigenvalue weighted by molar-refractivity contribution is 7.92. The molecule has 0 bridgehead atoms. The third-order valence-electron chi connectivity index (χ3n) is 2.57. The van der Waals surface area contributed by atoms with Gasteiger partial charge in [-0.15, -0.1) is 0 Å². The third kappa shape index (κ3) is 4.10. The van der Waals surface area contributed by atoms with Crippen molar-refractivity contribution in [1.82, 2.24) is 20.5 Å². The molecule has 9 heteroatoms. The van der Waals surface area contributed by atoms with Crippen LogP contribution in [-0.4, -0.2) is 30.1 Å². The van der Waals surface area contributed by atoms with Gasteiger partial charge in [0, 0.05) is 18.8 Å². The Hall–Kier alpha value is -2.26. The zero-order chi connectivity index (χ0) is 15.3. The predicted octanol–water partition coefficient (Wildman–Crippen LogP) is 0.0752. The second kappa shape index (κ2) is 6.46. The molecular weight excluding hydrogens is 294 g/mol. The maximum Gasteiger partial charge on any atom is 0.280 e. The van der Waals surface area contributed by atoms with Crippen molar-refractivity contribution >= 4 is 15.8 Å². The zero-order valence-corrected chi connectivity index (χ0v) is 12.1. The number of hydrogen-bond acceptors (Lipinski definition) is 6. The molecule has 0 fully saturated rings. The Kier molecular flexibility index (Phi) is 4.66. The number of hydrogen-bond donors (Lipinski definition) is 3. The fourth-order valence-corrected chi connectivity index (χ4v) is 2.47. The van der Waals surface area contributed by atoms with Crippen molar-refractivity contribution in [2.75, 3.05) is 11.3 Å². The number of nitrogens with one attached hydrogen (secondary N) is 3. The van der Waals surface area contributed by atoms with Crippen molar-refractivity contribution in [2.45, 2.75) is 18.5 Å². The molecule has 0 spiro atoms. The van der Waals surface area contributed by atoms with Crippen LogP contribution in [0.3, 0.4) is 0 Å². The van der Waals surface area contributed by atoms with Crippen LogP contribution in [0.25, 0.3) is 0 Å². The van der Waals surface area contributed by atoms with Crippen molar-refractivity contribution in [1.29, 1.82) is 0 Å². The molecule has 2 aromatic heterocycles. The molecule has 0 radical (unpaired) electrons. The summed E-state index contributed by atoms with van der Waals surface area (Å²) in [5.41, 5.74) is 0.474. The van der Waals surface area contributed by atoms with Gasteiger partial charge in [0.25, 0.3) is 15.6 Å². The first kappa shape index (κ1) is 15.1. The van der Waals surface area contributed by atoms with E-state index in [1.807, 2.05) is 6.92 Å². The minimum atomic E-state index is -3.83. The standard InChI is InChI=1S/C12H15N5O3S/c1-2-13-7-9-3-6-12(14-8-9)21(19,20)17-10-4-5-11(18)16-15-10/h3-6,8,13H,2,7H2,1H3,(H,15,17)(H,16,18). The summed E-state index contributed by atoms with van der Waals surface area (Å²) in [4.78, 5) is 14.8. The van der Waals surface area contributed by atoms with Gasteiger partial charge in [-0.25, -0.2) is 10.1 Å². The lowest BCUT2D eigenvalue weighted by Gasteiger charge is -2.07. The lowest BCUT2D eigenvalue weighted by atomic mass is 10.3. The highest BCUT2D eigenvalue weighted by atomic mass is 32.2. The Labute approximate surface area is 121 Å². The SMILES string of the molecule is CCNCc1ccc(S(=O)(=O)Nc2ccc(=O)[nH]n2)nc1. The summed E-state index contributed by atoms with van der Waals surface area (Å²) in [5.74, 6) is 0.0214. The average molecular weight is 309 g/mol. The monoisotopic (exact) mass is 309 g/mol. The molecule has 0 aromatic carbocycles. The number of nitrogens with zero attached hydrogens (tertiary/aromatic N) is 2. The molecule has 112 valence electrons. The van der Waals surface area contributed by atoms with Gasteiger partial charge in [-0.05, 0) is 24.2 Å². The van der Waals surface area contributed by atoms with Crippen molar-refractivity contribution in [2.24, 2.45) is 0 Å². The minimum Gasteiger partial charge on any atom is -0.313 e. The van der Waals surface area contributed by atoms with E-state index in [9.17, 15) is 13.2 Å². The maximum atomic E-state index is 12.1. The van der Waals surface area contributed by atoms with Crippen LogP contribution in [0, 0.1) is 0 Å². The molecule has 0 saturated carbocycles. The topological polar surface area (TPSA) is 117 Å². The molecule has 0 unspecified atom stereocenters. The van der Waals surface area contributed by atoms with E-state index in [1.54, 1.807) is 6.07 Å². The molecule has 0 aliphatic heterocycles. The van der Waals surface area contributed by atoms with Crippen LogP contribution in [0.15, 0.2) is 40.3 Å². The summed E-state index contributed by atoms with van der Waals surface area (Å²) >= 11 is 0. The van der Waals surface area contributed by atoms with Gasteiger partial charge in [0.1, 0.15) is 0 Å². The van der Waals surface area contributed by atoms with Crippen molar-refractivity contribution < 1.29 is 8.42 Å². The average Bonchev–Trinajstić information content (AvgIpc) is 2.48. The molecule has 2 rings (SSSR count). The summed E-state index contributed by atoms with van der Waals surface area (Å²) in [7, 11) is -3.83. The molecule has 0 saturated heterocycles. The Morgan fingerprint density at radius 2 is 2.05 bits per heavy atom. The van der Waals surface area contributed by atoms with Crippen LogP contribution < -0.4 is 15.6 Å². The van der Waals surface area contributed by atoms with Crippen LogP contribution in [0.2, 0.25) is 0 Å². The van der Waals surface area contributed by atoms with Crippen molar-refractivity contribution in [3.05, 3.63) is 46.4 Å². The fourth-order valence-electron chi connectivity index (χ4n) is 1.54. The highest BCUT2D eigenvalue weighted by Crippen LogP contribution is 2.11.